The second-order valence-corrected chi connectivity index (χ2v) is 15.7. The number of hydrogen-bond acceptors (Lipinski definition) is 9. The molecule has 2 N–H and O–H groups in total. The Balaban J connectivity index is 1.00. The Morgan fingerprint density at radius 2 is 1.34 bits per heavy atom. The van der Waals surface area contributed by atoms with Crippen LogP contribution < -0.4 is 14.8 Å². The number of ether oxygens (including phenoxy) is 3. The van der Waals surface area contributed by atoms with Gasteiger partial charge in [0.15, 0.2) is 5.78 Å². The van der Waals surface area contributed by atoms with Gasteiger partial charge in [0.25, 0.3) is 0 Å². The third-order valence-electron chi connectivity index (χ3n) is 9.93. The third-order valence-corrected chi connectivity index (χ3v) is 11.1. The maximum Gasteiger partial charge on any atom is 0.312 e. The fourth-order valence-electron chi connectivity index (χ4n) is 6.58. The molecule has 1 saturated heterocycles. The molecule has 0 bridgehead atoms. The molecular weight excluding hydrogens is 797 g/mol. The molecule has 1 fully saturated rings. The van der Waals surface area contributed by atoms with Crippen LogP contribution in [0.2, 0.25) is 0 Å². The molecule has 62 heavy (non-hydrogen) atoms. The summed E-state index contributed by atoms with van der Waals surface area (Å²) in [6.45, 7) is 6.95. The Morgan fingerprint density at radius 3 is 1.97 bits per heavy atom. The fraction of sp³-hybridized carbons (Fsp3) is 0.327. The Morgan fingerprint density at radius 1 is 0.742 bits per heavy atom. The van der Waals surface area contributed by atoms with Gasteiger partial charge in [0.05, 0.1) is 19.6 Å². The van der Waals surface area contributed by atoms with Crippen molar-refractivity contribution >= 4 is 39.1 Å². The minimum Gasteiger partial charge on any atom is -0.508 e. The molecule has 0 spiro atoms. The van der Waals surface area contributed by atoms with Crippen LogP contribution in [-0.4, -0.2) is 73.7 Å². The predicted octanol–water partition coefficient (Wildman–Crippen LogP) is 11.1. The Labute approximate surface area is 370 Å². The van der Waals surface area contributed by atoms with Gasteiger partial charge in [-0.1, -0.05) is 79.8 Å². The average molecular weight is 857 g/mol. The largest absolute Gasteiger partial charge is 0.508 e. The van der Waals surface area contributed by atoms with E-state index in [1.54, 1.807) is 42.5 Å². The summed E-state index contributed by atoms with van der Waals surface area (Å²) in [5, 5.41) is 13.7. The number of morpholine rings is 1. The first-order valence-corrected chi connectivity index (χ1v) is 22.5. The highest BCUT2D eigenvalue weighted by atomic mass is 32.1. The first-order chi connectivity index (χ1) is 30.4. The third kappa shape index (κ3) is 16.6. The lowest BCUT2D eigenvalue weighted by Crippen LogP contribution is -2.38. The molecule has 1 aliphatic rings. The molecular formula is C52H60N2O7S. The summed E-state index contributed by atoms with van der Waals surface area (Å²) < 4.78 is 17.7. The van der Waals surface area contributed by atoms with E-state index in [0.717, 1.165) is 91.9 Å². The van der Waals surface area contributed by atoms with Crippen molar-refractivity contribution in [3.05, 3.63) is 151 Å². The van der Waals surface area contributed by atoms with Crippen LogP contribution >= 0.6 is 11.3 Å². The topological polar surface area (TPSA) is 114 Å². The molecule has 0 saturated carbocycles. The molecule has 1 amide bonds. The van der Waals surface area contributed by atoms with Gasteiger partial charge in [-0.3, -0.25) is 19.3 Å². The quantitative estimate of drug-likeness (QED) is 0.0293. The zero-order chi connectivity index (χ0) is 43.6. The van der Waals surface area contributed by atoms with E-state index in [2.05, 4.69) is 84.0 Å². The van der Waals surface area contributed by atoms with Gasteiger partial charge in [-0.05, 0) is 117 Å². The molecule has 10 heteroatoms. The summed E-state index contributed by atoms with van der Waals surface area (Å²) >= 11 is 1.41. The molecule has 4 aromatic rings. The number of carbonyl (C=O) groups excluding carboxylic acids is 3. The minimum atomic E-state index is -0.461. The molecule has 1 aliphatic heterocycles. The number of allylic oxidation sites excluding steroid dienone is 12. The van der Waals surface area contributed by atoms with Crippen LogP contribution in [0.4, 0.5) is 0 Å². The van der Waals surface area contributed by atoms with Crippen LogP contribution in [0.5, 0.6) is 17.2 Å². The van der Waals surface area contributed by atoms with E-state index in [9.17, 15) is 19.5 Å². The number of nitrogens with one attached hydrogen (secondary N) is 1. The lowest BCUT2D eigenvalue weighted by atomic mass is 9.97. The number of fused-ring (bicyclic) bond motifs is 1. The first-order valence-electron chi connectivity index (χ1n) is 21.7. The minimum absolute atomic E-state index is 0.0313. The van der Waals surface area contributed by atoms with Gasteiger partial charge >= 0.3 is 5.97 Å². The van der Waals surface area contributed by atoms with Gasteiger partial charge in [0.2, 0.25) is 5.91 Å². The monoisotopic (exact) mass is 856 g/mol. The van der Waals surface area contributed by atoms with Gasteiger partial charge in [-0.25, -0.2) is 0 Å². The zero-order valence-electron chi connectivity index (χ0n) is 35.8. The summed E-state index contributed by atoms with van der Waals surface area (Å²) in [6.07, 6.45) is 32.5. The Hall–Kier alpha value is -5.81. The number of phenols is 1. The maximum atomic E-state index is 14.1. The number of hydrogen-bond donors (Lipinski definition) is 2. The normalized spacial score (nSPS) is 13.8. The van der Waals surface area contributed by atoms with Crippen molar-refractivity contribution in [1.82, 2.24) is 10.2 Å². The standard InChI is InChI=1S/C52H60N2O7S/c1-2-3-4-5-6-7-8-9-10-11-12-13-14-15-16-17-18-19-20-21-48(56)53-33-32-49(57)61-45-29-24-42(25-30-45)52-50(46-31-26-43(55)40-47(46)62-52)51(58)41-22-27-44(28-23-41)60-39-36-54-34-37-59-38-35-54/h3-4,6-7,9-10,12-13,15-16,18-19,22-31,40,55H,2,5,8,11,14,17,20-21,32-39H2,1H3,(H,53,56)/b4-3-,7-6-,10-9-,13-12-,16-15-,19-18-. The fourth-order valence-corrected chi connectivity index (χ4v) is 7.82. The zero-order valence-corrected chi connectivity index (χ0v) is 36.7. The molecule has 9 nitrogen and oxygen atoms in total. The van der Waals surface area contributed by atoms with E-state index in [-0.39, 0.29) is 30.4 Å². The number of amides is 1. The number of aromatic hydroxyl groups is 1. The second-order valence-electron chi connectivity index (χ2n) is 14.7. The highest BCUT2D eigenvalue weighted by molar-refractivity contribution is 7.22. The summed E-state index contributed by atoms with van der Waals surface area (Å²) in [4.78, 5) is 42.0. The van der Waals surface area contributed by atoms with Crippen LogP contribution in [-0.2, 0) is 14.3 Å². The van der Waals surface area contributed by atoms with E-state index < -0.39 is 5.97 Å². The SMILES string of the molecule is CC/C=C\C/C=C\C/C=C\C/C=C\C/C=C\C/C=C\CCC(=O)NCCC(=O)Oc1ccc(-c2sc3cc(O)ccc3c2C(=O)c2ccc(OCCN3CCOCC3)cc2)cc1. The number of benzene rings is 3. The number of carbonyl (C=O) groups is 3. The van der Waals surface area contributed by atoms with Crippen molar-refractivity contribution in [3.63, 3.8) is 0 Å². The first kappa shape index (κ1) is 47.2. The van der Waals surface area contributed by atoms with E-state index in [0.29, 0.717) is 42.1 Å². The van der Waals surface area contributed by atoms with Crippen LogP contribution in [0.1, 0.15) is 80.6 Å². The van der Waals surface area contributed by atoms with Crippen LogP contribution in [0.25, 0.3) is 20.5 Å². The smallest absolute Gasteiger partial charge is 0.312 e. The number of nitrogens with zero attached hydrogens (tertiary/aromatic N) is 1. The van der Waals surface area contributed by atoms with Crippen molar-refractivity contribution in [2.24, 2.45) is 0 Å². The van der Waals surface area contributed by atoms with Crippen LogP contribution in [0.15, 0.2) is 140 Å². The molecule has 5 rings (SSSR count). The van der Waals surface area contributed by atoms with E-state index in [1.807, 2.05) is 30.3 Å². The van der Waals surface area contributed by atoms with E-state index in [1.165, 1.54) is 11.3 Å². The molecule has 2 heterocycles. The number of rotatable bonds is 25. The molecule has 3 aromatic carbocycles. The van der Waals surface area contributed by atoms with Gasteiger partial charge in [0, 0.05) is 58.7 Å². The number of ketones is 1. The highest BCUT2D eigenvalue weighted by Crippen LogP contribution is 2.41. The van der Waals surface area contributed by atoms with Crippen molar-refractivity contribution < 1.29 is 33.7 Å². The molecule has 0 aliphatic carbocycles. The molecule has 326 valence electrons. The number of esters is 1. The summed E-state index contributed by atoms with van der Waals surface area (Å²) in [7, 11) is 0. The number of thiophene rings is 1. The maximum absolute atomic E-state index is 14.1. The number of phenolic OH excluding ortho intramolecular Hbond substituents is 1. The van der Waals surface area contributed by atoms with Crippen molar-refractivity contribution in [3.8, 4) is 27.7 Å². The molecule has 1 aromatic heterocycles. The summed E-state index contributed by atoms with van der Waals surface area (Å²) in [5.41, 5.74) is 1.83. The molecule has 0 atom stereocenters. The molecule has 0 unspecified atom stereocenters. The van der Waals surface area contributed by atoms with Crippen molar-refractivity contribution in [2.45, 2.75) is 64.7 Å². The van der Waals surface area contributed by atoms with E-state index >= 15 is 0 Å². The lowest BCUT2D eigenvalue weighted by Gasteiger charge is -2.26. The van der Waals surface area contributed by atoms with Crippen LogP contribution in [0, 0.1) is 0 Å². The second kappa shape index (κ2) is 27.2. The van der Waals surface area contributed by atoms with Crippen molar-refractivity contribution in [2.75, 3.05) is 46.0 Å². The average Bonchev–Trinajstić information content (AvgIpc) is 3.66. The summed E-state index contributed by atoms with van der Waals surface area (Å²) in [6, 6.07) is 19.2. The summed E-state index contributed by atoms with van der Waals surface area (Å²) in [5.74, 6) is 0.445. The van der Waals surface area contributed by atoms with Gasteiger partial charge in [-0.15, -0.1) is 11.3 Å². The van der Waals surface area contributed by atoms with E-state index in [4.69, 9.17) is 14.2 Å². The lowest BCUT2D eigenvalue weighted by molar-refractivity contribution is -0.134. The predicted molar refractivity (Wildman–Crippen MR) is 252 cm³/mol. The highest BCUT2D eigenvalue weighted by Gasteiger charge is 2.22. The molecule has 0 radical (unpaired) electrons. The Bertz CT molecular complexity index is 2190. The Kier molecular flexibility index (Phi) is 20.7. The van der Waals surface area contributed by atoms with Gasteiger partial charge < -0.3 is 24.6 Å². The van der Waals surface area contributed by atoms with Crippen LogP contribution in [0.3, 0.4) is 0 Å². The van der Waals surface area contributed by atoms with Gasteiger partial charge in [0.1, 0.15) is 23.9 Å². The van der Waals surface area contributed by atoms with Gasteiger partial charge in [-0.2, -0.15) is 0 Å². The van der Waals surface area contributed by atoms with Crippen molar-refractivity contribution in [1.29, 1.82) is 0 Å².